The maximum absolute atomic E-state index is 9.98. The first-order valence-electron chi connectivity index (χ1n) is 6.10. The fourth-order valence-electron chi connectivity index (χ4n) is 1.44. The molecule has 0 aliphatic rings. The van der Waals surface area contributed by atoms with Crippen molar-refractivity contribution in [1.82, 2.24) is 0 Å². The Kier molecular flexibility index (Phi) is 9.12. The summed E-state index contributed by atoms with van der Waals surface area (Å²) in [6, 6.07) is 0. The van der Waals surface area contributed by atoms with Crippen molar-refractivity contribution in [3.8, 4) is 0 Å². The largest absolute Gasteiger partial charge is 0.437 e. The monoisotopic (exact) mass is 236 g/mol. The lowest BCUT2D eigenvalue weighted by Crippen LogP contribution is -1.82. The van der Waals surface area contributed by atoms with E-state index >= 15 is 0 Å². The van der Waals surface area contributed by atoms with Gasteiger partial charge < -0.3 is 4.74 Å². The SMILES string of the molecule is CC(C)=CCCC(C)=CCCC(C)=COC=O. The first-order chi connectivity index (χ1) is 8.06. The topological polar surface area (TPSA) is 26.3 Å². The predicted octanol–water partition coefficient (Wildman–Crippen LogP) is 4.54. The van der Waals surface area contributed by atoms with E-state index in [0.29, 0.717) is 6.47 Å². The van der Waals surface area contributed by atoms with Crippen molar-refractivity contribution in [3.05, 3.63) is 35.1 Å². The average Bonchev–Trinajstić information content (AvgIpc) is 2.25. The van der Waals surface area contributed by atoms with E-state index in [-0.39, 0.29) is 0 Å². The molecule has 0 aromatic heterocycles. The van der Waals surface area contributed by atoms with Crippen molar-refractivity contribution in [3.63, 3.8) is 0 Å². The Bertz CT molecular complexity index is 305. The Labute approximate surface area is 105 Å². The van der Waals surface area contributed by atoms with Gasteiger partial charge in [0.1, 0.15) is 0 Å². The van der Waals surface area contributed by atoms with Crippen LogP contribution in [-0.2, 0) is 9.53 Å². The molecule has 0 radical (unpaired) electrons. The van der Waals surface area contributed by atoms with Crippen LogP contribution in [0.1, 0.15) is 53.4 Å². The zero-order valence-electron chi connectivity index (χ0n) is 11.5. The molecule has 96 valence electrons. The summed E-state index contributed by atoms with van der Waals surface area (Å²) in [5.74, 6) is 0. The normalized spacial score (nSPS) is 12.2. The van der Waals surface area contributed by atoms with Gasteiger partial charge >= 0.3 is 0 Å². The highest BCUT2D eigenvalue weighted by Gasteiger charge is 1.92. The van der Waals surface area contributed by atoms with Gasteiger partial charge in [0, 0.05) is 0 Å². The van der Waals surface area contributed by atoms with Gasteiger partial charge in [0.25, 0.3) is 6.47 Å². The highest BCUT2D eigenvalue weighted by Crippen LogP contribution is 2.11. The number of carbonyl (C=O) groups is 1. The average molecular weight is 236 g/mol. The van der Waals surface area contributed by atoms with E-state index in [1.807, 2.05) is 6.92 Å². The van der Waals surface area contributed by atoms with Gasteiger partial charge in [0.2, 0.25) is 0 Å². The van der Waals surface area contributed by atoms with Crippen LogP contribution in [0.4, 0.5) is 0 Å². The molecule has 0 aromatic rings. The van der Waals surface area contributed by atoms with E-state index in [1.165, 1.54) is 17.4 Å². The molecule has 0 aromatic carbocycles. The molecule has 0 bridgehead atoms. The lowest BCUT2D eigenvalue weighted by atomic mass is 10.1. The molecule has 0 aliphatic carbocycles. The lowest BCUT2D eigenvalue weighted by Gasteiger charge is -2.00. The Balaban J connectivity index is 3.83. The smallest absolute Gasteiger partial charge is 0.297 e. The quantitative estimate of drug-likeness (QED) is 0.351. The van der Waals surface area contributed by atoms with E-state index in [0.717, 1.165) is 31.3 Å². The Hall–Kier alpha value is -1.31. The molecular formula is C15H24O2. The van der Waals surface area contributed by atoms with Crippen LogP contribution < -0.4 is 0 Å². The van der Waals surface area contributed by atoms with Gasteiger partial charge in [-0.2, -0.15) is 0 Å². The highest BCUT2D eigenvalue weighted by molar-refractivity contribution is 5.38. The van der Waals surface area contributed by atoms with Crippen LogP contribution >= 0.6 is 0 Å². The third kappa shape index (κ3) is 11.0. The minimum atomic E-state index is 0.448. The van der Waals surface area contributed by atoms with E-state index in [1.54, 1.807) is 0 Å². The molecule has 0 N–H and O–H groups in total. The van der Waals surface area contributed by atoms with Crippen LogP contribution in [0.3, 0.4) is 0 Å². The molecule has 0 unspecified atom stereocenters. The van der Waals surface area contributed by atoms with Crippen LogP contribution in [0, 0.1) is 0 Å². The molecule has 0 amide bonds. The molecule has 0 saturated carbocycles. The number of allylic oxidation sites excluding steroid dienone is 5. The standard InChI is InChI=1S/C15H24O2/c1-13(2)7-5-8-14(3)9-6-10-15(4)11-17-12-16/h7,9,11-12H,5-6,8,10H2,1-4H3. The minimum Gasteiger partial charge on any atom is -0.437 e. The van der Waals surface area contributed by atoms with E-state index in [4.69, 9.17) is 0 Å². The summed E-state index contributed by atoms with van der Waals surface area (Å²) in [4.78, 5) is 9.98. The fourth-order valence-corrected chi connectivity index (χ4v) is 1.44. The minimum absolute atomic E-state index is 0.448. The van der Waals surface area contributed by atoms with Crippen molar-refractivity contribution in [2.45, 2.75) is 53.4 Å². The van der Waals surface area contributed by atoms with Gasteiger partial charge in [0.15, 0.2) is 0 Å². The van der Waals surface area contributed by atoms with Gasteiger partial charge in [-0.1, -0.05) is 23.3 Å². The molecule has 2 heteroatoms. The van der Waals surface area contributed by atoms with Crippen LogP contribution in [-0.4, -0.2) is 6.47 Å². The molecule has 0 fully saturated rings. The van der Waals surface area contributed by atoms with Gasteiger partial charge in [-0.25, -0.2) is 0 Å². The molecule has 0 spiro atoms. The van der Waals surface area contributed by atoms with Crippen molar-refractivity contribution in [2.24, 2.45) is 0 Å². The summed E-state index contributed by atoms with van der Waals surface area (Å²) in [6.07, 6.45) is 10.2. The van der Waals surface area contributed by atoms with Crippen molar-refractivity contribution >= 4 is 6.47 Å². The molecule has 0 aliphatic heterocycles. The third-order valence-corrected chi connectivity index (χ3v) is 2.45. The molecule has 0 atom stereocenters. The number of carbonyl (C=O) groups excluding carboxylic acids is 1. The van der Waals surface area contributed by atoms with Crippen LogP contribution in [0.5, 0.6) is 0 Å². The molecular weight excluding hydrogens is 212 g/mol. The van der Waals surface area contributed by atoms with E-state index < -0.39 is 0 Å². The van der Waals surface area contributed by atoms with Crippen LogP contribution in [0.15, 0.2) is 35.1 Å². The summed E-state index contributed by atoms with van der Waals surface area (Å²) in [7, 11) is 0. The predicted molar refractivity (Wildman–Crippen MR) is 72.6 cm³/mol. The summed E-state index contributed by atoms with van der Waals surface area (Å²) < 4.78 is 4.57. The summed E-state index contributed by atoms with van der Waals surface area (Å²) in [6.45, 7) is 8.83. The van der Waals surface area contributed by atoms with Gasteiger partial charge in [-0.3, -0.25) is 4.79 Å². The van der Waals surface area contributed by atoms with Gasteiger partial charge in [-0.05, 0) is 59.0 Å². The second-order valence-corrected chi connectivity index (χ2v) is 4.61. The lowest BCUT2D eigenvalue weighted by molar-refractivity contribution is -0.123. The summed E-state index contributed by atoms with van der Waals surface area (Å²) >= 11 is 0. The molecule has 17 heavy (non-hydrogen) atoms. The summed E-state index contributed by atoms with van der Waals surface area (Å²) in [5.41, 5.74) is 3.89. The van der Waals surface area contributed by atoms with Crippen molar-refractivity contribution in [1.29, 1.82) is 0 Å². The van der Waals surface area contributed by atoms with E-state index in [9.17, 15) is 4.79 Å². The van der Waals surface area contributed by atoms with Gasteiger partial charge in [0.05, 0.1) is 6.26 Å². The zero-order valence-corrected chi connectivity index (χ0v) is 11.5. The molecule has 0 rings (SSSR count). The maximum Gasteiger partial charge on any atom is 0.297 e. The second kappa shape index (κ2) is 9.88. The van der Waals surface area contributed by atoms with Crippen molar-refractivity contribution < 1.29 is 9.53 Å². The fraction of sp³-hybridized carbons (Fsp3) is 0.533. The van der Waals surface area contributed by atoms with Crippen LogP contribution in [0.2, 0.25) is 0 Å². The van der Waals surface area contributed by atoms with Crippen molar-refractivity contribution in [2.75, 3.05) is 0 Å². The second-order valence-electron chi connectivity index (χ2n) is 4.61. The van der Waals surface area contributed by atoms with Crippen LogP contribution in [0.25, 0.3) is 0 Å². The Morgan fingerprint density at radius 2 is 1.53 bits per heavy atom. The highest BCUT2D eigenvalue weighted by atomic mass is 16.5. The number of hydrogen-bond donors (Lipinski definition) is 0. The summed E-state index contributed by atoms with van der Waals surface area (Å²) in [5, 5.41) is 0. The van der Waals surface area contributed by atoms with E-state index in [2.05, 4.69) is 37.7 Å². The van der Waals surface area contributed by atoms with Gasteiger partial charge in [-0.15, -0.1) is 0 Å². The number of hydrogen-bond acceptors (Lipinski definition) is 2. The Morgan fingerprint density at radius 3 is 2.12 bits per heavy atom. The molecule has 0 saturated heterocycles. The molecule has 2 nitrogen and oxygen atoms in total. The number of rotatable bonds is 8. The zero-order chi connectivity index (χ0) is 13.1. The Morgan fingerprint density at radius 1 is 0.941 bits per heavy atom. The maximum atomic E-state index is 9.98. The third-order valence-electron chi connectivity index (χ3n) is 2.45. The molecule has 0 heterocycles. The first-order valence-corrected chi connectivity index (χ1v) is 6.10. The number of ether oxygens (including phenoxy) is 1. The first kappa shape index (κ1) is 15.7.